The highest BCUT2D eigenvalue weighted by Gasteiger charge is 2.26. The Labute approximate surface area is 123 Å². The molecule has 1 aromatic heterocycles. The molecule has 2 atom stereocenters. The third kappa shape index (κ3) is 2.27. The molecule has 2 aromatic rings. The third-order valence-electron chi connectivity index (χ3n) is 4.14. The lowest BCUT2D eigenvalue weighted by Crippen LogP contribution is -2.18. The number of rotatable bonds is 4. The molecule has 0 saturated carbocycles. The molecule has 1 fully saturated rings. The lowest BCUT2D eigenvalue weighted by atomic mass is 10.00. The molecule has 0 N–H and O–H groups in total. The van der Waals surface area contributed by atoms with Crippen molar-refractivity contribution in [1.29, 1.82) is 0 Å². The van der Waals surface area contributed by atoms with Crippen LogP contribution in [0.4, 0.5) is 0 Å². The van der Waals surface area contributed by atoms with Gasteiger partial charge in [0, 0.05) is 24.6 Å². The summed E-state index contributed by atoms with van der Waals surface area (Å²) in [7, 11) is 1.68. The van der Waals surface area contributed by atoms with Crippen LogP contribution in [0.15, 0.2) is 18.2 Å². The van der Waals surface area contributed by atoms with E-state index in [0.29, 0.717) is 17.8 Å². The molecule has 108 valence electrons. The van der Waals surface area contributed by atoms with E-state index in [9.17, 15) is 0 Å². The molecule has 1 aliphatic heterocycles. The monoisotopic (exact) mass is 294 g/mol. The van der Waals surface area contributed by atoms with Crippen LogP contribution in [0.3, 0.4) is 0 Å². The van der Waals surface area contributed by atoms with Gasteiger partial charge in [0.15, 0.2) is 0 Å². The lowest BCUT2D eigenvalue weighted by Gasteiger charge is -2.22. The van der Waals surface area contributed by atoms with Gasteiger partial charge in [0.25, 0.3) is 0 Å². The Kier molecular flexibility index (Phi) is 3.85. The van der Waals surface area contributed by atoms with Crippen LogP contribution in [-0.4, -0.2) is 29.9 Å². The maximum absolute atomic E-state index is 6.08. The predicted octanol–water partition coefficient (Wildman–Crippen LogP) is 3.38. The molecule has 0 bridgehead atoms. The fourth-order valence-corrected chi connectivity index (χ4v) is 3.13. The summed E-state index contributed by atoms with van der Waals surface area (Å²) in [6.45, 7) is 3.88. The summed E-state index contributed by atoms with van der Waals surface area (Å²) in [5.41, 5.74) is 2.05. The molecule has 20 heavy (non-hydrogen) atoms. The van der Waals surface area contributed by atoms with E-state index >= 15 is 0 Å². The highest BCUT2D eigenvalue weighted by atomic mass is 35.5. The van der Waals surface area contributed by atoms with Crippen molar-refractivity contribution < 1.29 is 9.47 Å². The minimum atomic E-state index is 0.323. The van der Waals surface area contributed by atoms with E-state index in [4.69, 9.17) is 21.1 Å². The summed E-state index contributed by atoms with van der Waals surface area (Å²) < 4.78 is 13.1. The van der Waals surface area contributed by atoms with Crippen molar-refractivity contribution in [3.63, 3.8) is 0 Å². The highest BCUT2D eigenvalue weighted by molar-refractivity contribution is 6.16. The maximum Gasteiger partial charge on any atom is 0.125 e. The molecule has 0 radical (unpaired) electrons. The van der Waals surface area contributed by atoms with Crippen LogP contribution in [0, 0.1) is 5.92 Å². The largest absolute Gasteiger partial charge is 0.497 e. The summed E-state index contributed by atoms with van der Waals surface area (Å²) in [6, 6.07) is 6.27. The van der Waals surface area contributed by atoms with E-state index < -0.39 is 0 Å². The van der Waals surface area contributed by atoms with Crippen LogP contribution in [0.5, 0.6) is 5.75 Å². The van der Waals surface area contributed by atoms with E-state index in [2.05, 4.69) is 16.5 Å². The topological polar surface area (TPSA) is 36.3 Å². The van der Waals surface area contributed by atoms with Crippen molar-refractivity contribution in [2.75, 3.05) is 20.3 Å². The van der Waals surface area contributed by atoms with Crippen LogP contribution < -0.4 is 4.74 Å². The van der Waals surface area contributed by atoms with Gasteiger partial charge in [-0.2, -0.15) is 0 Å². The quantitative estimate of drug-likeness (QED) is 0.811. The minimum Gasteiger partial charge on any atom is -0.497 e. The predicted molar refractivity (Wildman–Crippen MR) is 79.5 cm³/mol. The molecule has 2 unspecified atom stereocenters. The second-order valence-electron chi connectivity index (χ2n) is 5.25. The standard InChI is InChI=1S/C15H19ClN2O2/c1-10(11-5-6-20-9-11)18-14-7-12(19-2)3-4-13(14)17-15(18)8-16/h3-4,7,10-11H,5-6,8-9H2,1-2H3. The summed E-state index contributed by atoms with van der Waals surface area (Å²) in [5, 5.41) is 0. The fourth-order valence-electron chi connectivity index (χ4n) is 2.94. The second-order valence-corrected chi connectivity index (χ2v) is 5.52. The third-order valence-corrected chi connectivity index (χ3v) is 4.38. The van der Waals surface area contributed by atoms with Gasteiger partial charge in [0.05, 0.1) is 30.6 Å². The first-order chi connectivity index (χ1) is 9.74. The van der Waals surface area contributed by atoms with E-state index in [-0.39, 0.29) is 0 Å². The molecule has 1 saturated heterocycles. The van der Waals surface area contributed by atoms with Crippen molar-refractivity contribution >= 4 is 22.6 Å². The van der Waals surface area contributed by atoms with Gasteiger partial charge in [0.2, 0.25) is 0 Å². The molecule has 0 spiro atoms. The first kappa shape index (κ1) is 13.7. The van der Waals surface area contributed by atoms with Crippen LogP contribution in [0.2, 0.25) is 0 Å². The molecule has 1 aliphatic rings. The number of benzene rings is 1. The fraction of sp³-hybridized carbons (Fsp3) is 0.533. The molecule has 4 nitrogen and oxygen atoms in total. The van der Waals surface area contributed by atoms with Gasteiger partial charge >= 0.3 is 0 Å². The Balaban J connectivity index is 2.10. The summed E-state index contributed by atoms with van der Waals surface area (Å²) >= 11 is 6.08. The minimum absolute atomic E-state index is 0.323. The average Bonchev–Trinajstić information content (AvgIpc) is 3.12. The van der Waals surface area contributed by atoms with Gasteiger partial charge in [-0.15, -0.1) is 11.6 Å². The number of halogens is 1. The van der Waals surface area contributed by atoms with E-state index in [1.54, 1.807) is 7.11 Å². The number of alkyl halides is 1. The maximum atomic E-state index is 6.08. The number of imidazole rings is 1. The Morgan fingerprint density at radius 3 is 3.05 bits per heavy atom. The van der Waals surface area contributed by atoms with Gasteiger partial charge in [-0.1, -0.05) is 0 Å². The average molecular weight is 295 g/mol. The normalized spacial score (nSPS) is 20.4. The summed E-state index contributed by atoms with van der Waals surface area (Å²) in [5.74, 6) is 2.68. The summed E-state index contributed by atoms with van der Waals surface area (Å²) in [6.07, 6.45) is 1.09. The van der Waals surface area contributed by atoms with E-state index in [1.165, 1.54) is 0 Å². The van der Waals surface area contributed by atoms with Crippen molar-refractivity contribution in [2.45, 2.75) is 25.3 Å². The Morgan fingerprint density at radius 1 is 1.55 bits per heavy atom. The smallest absolute Gasteiger partial charge is 0.125 e. The summed E-state index contributed by atoms with van der Waals surface area (Å²) in [4.78, 5) is 4.63. The van der Waals surface area contributed by atoms with Gasteiger partial charge in [-0.25, -0.2) is 4.98 Å². The Morgan fingerprint density at radius 2 is 2.40 bits per heavy atom. The number of ether oxygens (including phenoxy) is 2. The zero-order chi connectivity index (χ0) is 14.1. The number of fused-ring (bicyclic) bond motifs is 1. The number of nitrogens with zero attached hydrogens (tertiary/aromatic N) is 2. The first-order valence-electron chi connectivity index (χ1n) is 6.93. The van der Waals surface area contributed by atoms with Crippen molar-refractivity contribution in [3.8, 4) is 5.75 Å². The Hall–Kier alpha value is -1.26. The highest BCUT2D eigenvalue weighted by Crippen LogP contribution is 2.32. The van der Waals surface area contributed by atoms with Crippen LogP contribution in [0.25, 0.3) is 11.0 Å². The SMILES string of the molecule is COc1ccc2nc(CCl)n(C(C)C3CCOC3)c2c1. The van der Waals surface area contributed by atoms with Gasteiger partial charge in [-0.3, -0.25) is 0 Å². The van der Waals surface area contributed by atoms with Gasteiger partial charge in [0.1, 0.15) is 11.6 Å². The molecule has 0 aliphatic carbocycles. The molecule has 0 amide bonds. The van der Waals surface area contributed by atoms with Gasteiger partial charge in [-0.05, 0) is 25.5 Å². The van der Waals surface area contributed by atoms with Crippen molar-refractivity contribution in [2.24, 2.45) is 5.92 Å². The van der Waals surface area contributed by atoms with Crippen LogP contribution in [-0.2, 0) is 10.6 Å². The molecule has 3 rings (SSSR count). The van der Waals surface area contributed by atoms with Crippen LogP contribution in [0.1, 0.15) is 25.2 Å². The molecular weight excluding hydrogens is 276 g/mol. The van der Waals surface area contributed by atoms with Crippen molar-refractivity contribution in [1.82, 2.24) is 9.55 Å². The molecule has 2 heterocycles. The lowest BCUT2D eigenvalue weighted by molar-refractivity contribution is 0.175. The van der Waals surface area contributed by atoms with E-state index in [0.717, 1.165) is 42.2 Å². The first-order valence-corrected chi connectivity index (χ1v) is 7.46. The number of aromatic nitrogens is 2. The number of hydrogen-bond donors (Lipinski definition) is 0. The Bertz CT molecular complexity index is 605. The second kappa shape index (κ2) is 5.62. The zero-order valence-corrected chi connectivity index (χ0v) is 12.6. The number of hydrogen-bond acceptors (Lipinski definition) is 3. The van der Waals surface area contributed by atoms with Gasteiger partial charge < -0.3 is 14.0 Å². The molecular formula is C15H19ClN2O2. The van der Waals surface area contributed by atoms with Crippen LogP contribution >= 0.6 is 11.6 Å². The van der Waals surface area contributed by atoms with E-state index in [1.807, 2.05) is 18.2 Å². The van der Waals surface area contributed by atoms with Crippen molar-refractivity contribution in [3.05, 3.63) is 24.0 Å². The zero-order valence-electron chi connectivity index (χ0n) is 11.8. The number of methoxy groups -OCH3 is 1. The molecule has 1 aromatic carbocycles. The molecule has 5 heteroatoms.